The van der Waals surface area contributed by atoms with E-state index in [0.29, 0.717) is 16.6 Å². The molecule has 0 saturated heterocycles. The van der Waals surface area contributed by atoms with E-state index in [9.17, 15) is 0 Å². The van der Waals surface area contributed by atoms with Crippen LogP contribution in [0.25, 0.3) is 0 Å². The van der Waals surface area contributed by atoms with Gasteiger partial charge in [-0.05, 0) is 17.7 Å². The van der Waals surface area contributed by atoms with Crippen LogP contribution in [-0.4, -0.2) is 9.78 Å². The van der Waals surface area contributed by atoms with Crippen LogP contribution in [-0.2, 0) is 13.6 Å². The summed E-state index contributed by atoms with van der Waals surface area (Å²) in [5.74, 6) is 0. The highest BCUT2D eigenvalue weighted by atomic mass is 35.5. The van der Waals surface area contributed by atoms with Gasteiger partial charge in [-0.25, -0.2) is 0 Å². The van der Waals surface area contributed by atoms with Gasteiger partial charge in [0, 0.05) is 19.8 Å². The van der Waals surface area contributed by atoms with Crippen molar-refractivity contribution in [2.45, 2.75) is 6.54 Å². The van der Waals surface area contributed by atoms with Crippen LogP contribution in [0, 0.1) is 0 Å². The topological polar surface area (TPSA) is 29.9 Å². The van der Waals surface area contributed by atoms with Gasteiger partial charge in [0.25, 0.3) is 0 Å². The number of halogens is 2. The molecule has 16 heavy (non-hydrogen) atoms. The van der Waals surface area contributed by atoms with E-state index < -0.39 is 0 Å². The number of aromatic nitrogens is 2. The number of nitrogens with one attached hydrogen (secondary N) is 1. The summed E-state index contributed by atoms with van der Waals surface area (Å²) in [5.41, 5.74) is 2.06. The maximum atomic E-state index is 5.92. The first kappa shape index (κ1) is 11.3. The minimum Gasteiger partial charge on any atom is -0.378 e. The van der Waals surface area contributed by atoms with Crippen molar-refractivity contribution >= 4 is 28.9 Å². The zero-order valence-corrected chi connectivity index (χ0v) is 10.3. The average Bonchev–Trinajstić information content (AvgIpc) is 2.66. The van der Waals surface area contributed by atoms with Gasteiger partial charge in [0.05, 0.1) is 21.9 Å². The molecule has 0 amide bonds. The predicted octanol–water partition coefficient (Wildman–Crippen LogP) is 3.34. The summed E-state index contributed by atoms with van der Waals surface area (Å²) >= 11 is 11.8. The van der Waals surface area contributed by atoms with Gasteiger partial charge in [-0.3, -0.25) is 4.68 Å². The summed E-state index contributed by atoms with van der Waals surface area (Å²) < 4.78 is 1.75. The molecule has 1 aromatic heterocycles. The molecule has 0 aliphatic carbocycles. The Kier molecular flexibility index (Phi) is 3.36. The Labute approximate surface area is 104 Å². The molecular weight excluding hydrogens is 245 g/mol. The fraction of sp³-hybridized carbons (Fsp3) is 0.182. The highest BCUT2D eigenvalue weighted by Gasteiger charge is 2.00. The number of nitrogens with zero attached hydrogens (tertiary/aromatic N) is 2. The monoisotopic (exact) mass is 255 g/mol. The van der Waals surface area contributed by atoms with E-state index in [0.717, 1.165) is 11.3 Å². The molecule has 3 nitrogen and oxygen atoms in total. The van der Waals surface area contributed by atoms with Crippen LogP contribution < -0.4 is 5.32 Å². The third-order valence-electron chi connectivity index (χ3n) is 2.19. The summed E-state index contributed by atoms with van der Waals surface area (Å²) in [6.45, 7) is 0.697. The Balaban J connectivity index is 2.02. The summed E-state index contributed by atoms with van der Waals surface area (Å²) in [7, 11) is 1.88. The van der Waals surface area contributed by atoms with Crippen molar-refractivity contribution in [2.24, 2.45) is 7.05 Å². The first-order valence-corrected chi connectivity index (χ1v) is 5.57. The number of aryl methyl sites for hydroxylation is 1. The van der Waals surface area contributed by atoms with Crippen LogP contribution in [0.1, 0.15) is 5.56 Å². The second kappa shape index (κ2) is 4.76. The smallest absolute Gasteiger partial charge is 0.0729 e. The molecule has 1 heterocycles. The van der Waals surface area contributed by atoms with Crippen molar-refractivity contribution in [3.63, 3.8) is 0 Å². The SMILES string of the molecule is Cn1cc(NCc2ccc(Cl)c(Cl)c2)cn1. The lowest BCUT2D eigenvalue weighted by Crippen LogP contribution is -1.98. The lowest BCUT2D eigenvalue weighted by Gasteiger charge is -2.04. The van der Waals surface area contributed by atoms with Gasteiger partial charge < -0.3 is 5.32 Å². The van der Waals surface area contributed by atoms with E-state index in [1.54, 1.807) is 16.9 Å². The first-order chi connectivity index (χ1) is 7.65. The van der Waals surface area contributed by atoms with E-state index in [1.807, 2.05) is 25.4 Å². The van der Waals surface area contributed by atoms with Crippen molar-refractivity contribution < 1.29 is 0 Å². The van der Waals surface area contributed by atoms with Crippen molar-refractivity contribution in [3.8, 4) is 0 Å². The lowest BCUT2D eigenvalue weighted by molar-refractivity contribution is 0.768. The largest absolute Gasteiger partial charge is 0.378 e. The maximum Gasteiger partial charge on any atom is 0.0729 e. The molecular formula is C11H11Cl2N3. The summed E-state index contributed by atoms with van der Waals surface area (Å²) in [5, 5.41) is 8.46. The molecule has 5 heteroatoms. The Hall–Kier alpha value is -1.19. The van der Waals surface area contributed by atoms with E-state index >= 15 is 0 Å². The van der Waals surface area contributed by atoms with Crippen LogP contribution in [0.4, 0.5) is 5.69 Å². The highest BCUT2D eigenvalue weighted by Crippen LogP contribution is 2.22. The minimum absolute atomic E-state index is 0.576. The third-order valence-corrected chi connectivity index (χ3v) is 2.92. The number of hydrogen-bond acceptors (Lipinski definition) is 2. The van der Waals surface area contributed by atoms with Crippen molar-refractivity contribution in [2.75, 3.05) is 5.32 Å². The predicted molar refractivity (Wildman–Crippen MR) is 67.0 cm³/mol. The number of benzene rings is 1. The fourth-order valence-corrected chi connectivity index (χ4v) is 1.69. The van der Waals surface area contributed by atoms with Crippen LogP contribution in [0.15, 0.2) is 30.6 Å². The Bertz CT molecular complexity index is 494. The molecule has 0 unspecified atom stereocenters. The molecule has 2 aromatic rings. The van der Waals surface area contributed by atoms with Crippen LogP contribution in [0.3, 0.4) is 0 Å². The molecule has 0 bridgehead atoms. The summed E-state index contributed by atoms with van der Waals surface area (Å²) in [6, 6.07) is 5.59. The minimum atomic E-state index is 0.576. The van der Waals surface area contributed by atoms with E-state index in [2.05, 4.69) is 10.4 Å². The molecule has 0 fully saturated rings. The maximum absolute atomic E-state index is 5.92. The van der Waals surface area contributed by atoms with Gasteiger partial charge in [-0.2, -0.15) is 5.10 Å². The fourth-order valence-electron chi connectivity index (χ4n) is 1.37. The normalized spacial score (nSPS) is 10.4. The van der Waals surface area contributed by atoms with E-state index in [-0.39, 0.29) is 0 Å². The van der Waals surface area contributed by atoms with Crippen LogP contribution in [0.5, 0.6) is 0 Å². The molecule has 0 saturated carbocycles. The second-order valence-electron chi connectivity index (χ2n) is 3.50. The van der Waals surface area contributed by atoms with Crippen molar-refractivity contribution in [1.29, 1.82) is 0 Å². The third kappa shape index (κ3) is 2.68. The molecule has 0 atom stereocenters. The zero-order chi connectivity index (χ0) is 11.5. The molecule has 1 aromatic carbocycles. The molecule has 84 valence electrons. The zero-order valence-electron chi connectivity index (χ0n) is 8.74. The van der Waals surface area contributed by atoms with Crippen molar-refractivity contribution in [3.05, 3.63) is 46.2 Å². The lowest BCUT2D eigenvalue weighted by atomic mass is 10.2. The van der Waals surface area contributed by atoms with E-state index in [1.165, 1.54) is 0 Å². The average molecular weight is 256 g/mol. The van der Waals surface area contributed by atoms with Gasteiger partial charge in [-0.1, -0.05) is 29.3 Å². The van der Waals surface area contributed by atoms with Gasteiger partial charge in [0.2, 0.25) is 0 Å². The Morgan fingerprint density at radius 3 is 2.75 bits per heavy atom. The van der Waals surface area contributed by atoms with Gasteiger partial charge in [0.1, 0.15) is 0 Å². The summed E-state index contributed by atoms with van der Waals surface area (Å²) in [6.07, 6.45) is 3.69. The first-order valence-electron chi connectivity index (χ1n) is 4.81. The Morgan fingerprint density at radius 1 is 1.31 bits per heavy atom. The molecule has 0 spiro atoms. The molecule has 0 radical (unpaired) electrons. The molecule has 0 aliphatic rings. The Morgan fingerprint density at radius 2 is 2.12 bits per heavy atom. The molecule has 2 rings (SSSR count). The quantitative estimate of drug-likeness (QED) is 0.912. The van der Waals surface area contributed by atoms with Crippen LogP contribution in [0.2, 0.25) is 10.0 Å². The van der Waals surface area contributed by atoms with Gasteiger partial charge >= 0.3 is 0 Å². The van der Waals surface area contributed by atoms with Gasteiger partial charge in [-0.15, -0.1) is 0 Å². The van der Waals surface area contributed by atoms with Gasteiger partial charge in [0.15, 0.2) is 0 Å². The second-order valence-corrected chi connectivity index (χ2v) is 4.32. The highest BCUT2D eigenvalue weighted by molar-refractivity contribution is 6.42. The number of hydrogen-bond donors (Lipinski definition) is 1. The number of anilines is 1. The standard InChI is InChI=1S/C11H11Cl2N3/c1-16-7-9(6-15-16)14-5-8-2-3-10(12)11(13)4-8/h2-4,6-7,14H,5H2,1H3. The number of rotatable bonds is 3. The summed E-state index contributed by atoms with van der Waals surface area (Å²) in [4.78, 5) is 0. The van der Waals surface area contributed by atoms with E-state index in [4.69, 9.17) is 23.2 Å². The van der Waals surface area contributed by atoms with Crippen LogP contribution >= 0.6 is 23.2 Å². The molecule has 0 aliphatic heterocycles. The molecule has 1 N–H and O–H groups in total. The van der Waals surface area contributed by atoms with Crippen molar-refractivity contribution in [1.82, 2.24) is 9.78 Å².